The Morgan fingerprint density at radius 2 is 1.18 bits per heavy atom. The lowest BCUT2D eigenvalue weighted by Gasteiger charge is -2.24. The van der Waals surface area contributed by atoms with Crippen molar-refractivity contribution in [2.24, 2.45) is 35.0 Å². The highest BCUT2D eigenvalue weighted by Gasteiger charge is 2.39. The summed E-state index contributed by atoms with van der Waals surface area (Å²) in [5.41, 5.74) is 17.8. The van der Waals surface area contributed by atoms with Gasteiger partial charge in [-0.3, -0.25) is 62.4 Å². The summed E-state index contributed by atoms with van der Waals surface area (Å²) >= 11 is 1.26. The van der Waals surface area contributed by atoms with Crippen LogP contribution in [-0.4, -0.2) is 167 Å². The molecule has 2 rings (SSSR count). The van der Waals surface area contributed by atoms with Crippen molar-refractivity contribution in [1.82, 2.24) is 26.2 Å². The first-order valence-corrected chi connectivity index (χ1v) is 29.8. The van der Waals surface area contributed by atoms with Crippen LogP contribution in [0.15, 0.2) is 24.3 Å². The predicted molar refractivity (Wildman–Crippen MR) is 309 cm³/mol. The number of likely N-dealkylation sites (tertiary alicyclic amines) is 1. The number of phenolic OH excluding ortho intramolecular Hbond substituents is 1. The molecule has 0 saturated carbocycles. The van der Waals surface area contributed by atoms with Crippen LogP contribution >= 0.6 is 11.8 Å². The molecule has 9 atom stereocenters. The molecule has 82 heavy (non-hydrogen) atoms. The molecule has 0 aliphatic carbocycles. The van der Waals surface area contributed by atoms with E-state index >= 15 is 0 Å². The van der Waals surface area contributed by atoms with Crippen molar-refractivity contribution in [2.45, 2.75) is 186 Å². The number of rotatable bonds is 46. The van der Waals surface area contributed by atoms with Gasteiger partial charge in [0.2, 0.25) is 35.4 Å². The van der Waals surface area contributed by atoms with Crippen LogP contribution in [0, 0.1) is 17.8 Å². The second-order valence-electron chi connectivity index (χ2n) is 21.4. The number of hydrogen-bond acceptors (Lipinski definition) is 19. The molecule has 11 N–H and O–H groups in total. The van der Waals surface area contributed by atoms with E-state index in [0.29, 0.717) is 102 Å². The minimum atomic E-state index is -1.06. The lowest BCUT2D eigenvalue weighted by molar-refractivity contribution is -0.139. The van der Waals surface area contributed by atoms with Crippen molar-refractivity contribution >= 4 is 81.9 Å². The number of hydrogen-bond donors (Lipinski definition) is 8. The number of Topliss-reactive ketones (excluding diaryl/α,β-unsaturated/α-hetero) is 6. The van der Waals surface area contributed by atoms with Gasteiger partial charge < -0.3 is 53.0 Å². The summed E-state index contributed by atoms with van der Waals surface area (Å²) in [5, 5.41) is 19.8. The van der Waals surface area contributed by atoms with E-state index in [1.54, 1.807) is 12.1 Å². The minimum Gasteiger partial charge on any atom is -0.508 e. The van der Waals surface area contributed by atoms with E-state index in [1.807, 2.05) is 0 Å². The maximum absolute atomic E-state index is 13.8. The van der Waals surface area contributed by atoms with Gasteiger partial charge >= 0.3 is 0 Å². The van der Waals surface area contributed by atoms with E-state index in [-0.39, 0.29) is 99.2 Å². The maximum atomic E-state index is 13.8. The van der Waals surface area contributed by atoms with E-state index in [2.05, 4.69) is 21.3 Å². The number of aromatic hydroxyl groups is 1. The first kappa shape index (κ1) is 72.3. The fourth-order valence-electron chi connectivity index (χ4n) is 8.71. The molecular weight excluding hydrogens is 1080 g/mol. The van der Waals surface area contributed by atoms with Gasteiger partial charge in [-0.25, -0.2) is 0 Å². The molecule has 24 heteroatoms. The summed E-state index contributed by atoms with van der Waals surface area (Å²) in [6.07, 6.45) is 3.54. The summed E-state index contributed by atoms with van der Waals surface area (Å²) in [5.74, 6) is -7.02. The molecule has 1 aliphatic heterocycles. The third-order valence-corrected chi connectivity index (χ3v) is 15.3. The van der Waals surface area contributed by atoms with Crippen molar-refractivity contribution < 1.29 is 72.1 Å². The highest BCUT2D eigenvalue weighted by atomic mass is 32.2. The highest BCUT2D eigenvalue weighted by molar-refractivity contribution is 8.00. The fraction of sp³-hybridized carbons (Fsp3) is 0.690. The Balaban J connectivity index is 1.87. The van der Waals surface area contributed by atoms with Gasteiger partial charge in [-0.15, -0.1) is 11.8 Å². The summed E-state index contributed by atoms with van der Waals surface area (Å²) in [6.45, 7) is 11.0. The molecule has 1 saturated heterocycles. The number of phenols is 1. The third kappa shape index (κ3) is 28.5. The van der Waals surface area contributed by atoms with Gasteiger partial charge in [0.1, 0.15) is 17.3 Å². The second kappa shape index (κ2) is 39.6. The quantitative estimate of drug-likeness (QED) is 0.0343. The zero-order chi connectivity index (χ0) is 61.3. The molecule has 1 unspecified atom stereocenters. The number of imide groups is 1. The van der Waals surface area contributed by atoms with E-state index in [0.717, 1.165) is 4.90 Å². The van der Waals surface area contributed by atoms with Gasteiger partial charge in [-0.2, -0.15) is 0 Å². The molecule has 23 nitrogen and oxygen atoms in total. The molecule has 1 aromatic rings. The first-order valence-electron chi connectivity index (χ1n) is 28.8. The number of nitrogens with two attached hydrogens (primary N) is 3. The van der Waals surface area contributed by atoms with Gasteiger partial charge in [0.25, 0.3) is 0 Å². The van der Waals surface area contributed by atoms with Crippen LogP contribution in [0.4, 0.5) is 0 Å². The number of ether oxygens (including phenoxy) is 2. The lowest BCUT2D eigenvalue weighted by atomic mass is 9.90. The van der Waals surface area contributed by atoms with E-state index < -0.39 is 94.2 Å². The van der Waals surface area contributed by atoms with Crippen LogP contribution in [0.1, 0.15) is 150 Å². The highest BCUT2D eigenvalue weighted by Crippen LogP contribution is 2.27. The number of unbranched alkanes of at least 4 members (excludes halogenated alkanes) is 2. The Morgan fingerprint density at radius 1 is 0.622 bits per heavy atom. The van der Waals surface area contributed by atoms with Crippen molar-refractivity contribution in [3.05, 3.63) is 29.8 Å². The number of carbonyl (C=O) groups is 12. The van der Waals surface area contributed by atoms with Crippen LogP contribution in [-0.2, 0) is 73.4 Å². The zero-order valence-electron chi connectivity index (χ0n) is 48.9. The molecule has 1 fully saturated rings. The van der Waals surface area contributed by atoms with Crippen molar-refractivity contribution in [1.29, 1.82) is 0 Å². The molecule has 1 heterocycles. The van der Waals surface area contributed by atoms with E-state index in [4.69, 9.17) is 26.7 Å². The van der Waals surface area contributed by atoms with Crippen molar-refractivity contribution in [3.63, 3.8) is 0 Å². The monoisotopic (exact) mass is 1170 g/mol. The second-order valence-corrected chi connectivity index (χ2v) is 22.7. The molecule has 460 valence electrons. The van der Waals surface area contributed by atoms with Crippen LogP contribution in [0.5, 0.6) is 5.75 Å². The lowest BCUT2D eigenvalue weighted by Crippen LogP contribution is -2.49. The Kier molecular flexibility index (Phi) is 35.0. The van der Waals surface area contributed by atoms with Crippen LogP contribution in [0.25, 0.3) is 0 Å². The summed E-state index contributed by atoms with van der Waals surface area (Å²) in [6, 6.07) is 1.18. The molecule has 0 radical (unpaired) electrons. The Labute approximate surface area is 486 Å². The molecule has 6 amide bonds. The fourth-order valence-corrected chi connectivity index (χ4v) is 9.83. The van der Waals surface area contributed by atoms with Gasteiger partial charge in [0.15, 0.2) is 23.1 Å². The van der Waals surface area contributed by atoms with Crippen molar-refractivity contribution in [2.75, 3.05) is 51.8 Å². The number of benzene rings is 1. The molecule has 1 aliphatic rings. The average molecular weight is 1170 g/mol. The summed E-state index contributed by atoms with van der Waals surface area (Å²) in [7, 11) is 0. The largest absolute Gasteiger partial charge is 0.508 e. The number of ketones is 6. The van der Waals surface area contributed by atoms with Gasteiger partial charge in [0, 0.05) is 82.3 Å². The summed E-state index contributed by atoms with van der Waals surface area (Å²) < 4.78 is 10.7. The van der Waals surface area contributed by atoms with Crippen LogP contribution < -0.4 is 38.5 Å². The minimum absolute atomic E-state index is 0.00944. The smallest absolute Gasteiger partial charge is 0.242 e. The van der Waals surface area contributed by atoms with Crippen molar-refractivity contribution in [3.8, 4) is 5.75 Å². The molecule has 0 bridgehead atoms. The van der Waals surface area contributed by atoms with Gasteiger partial charge in [-0.1, -0.05) is 32.4 Å². The molecule has 1 aromatic carbocycles. The number of amides is 6. The Bertz CT molecular complexity index is 2280. The van der Waals surface area contributed by atoms with Gasteiger partial charge in [0.05, 0.1) is 55.3 Å². The molecule has 0 aromatic heterocycles. The summed E-state index contributed by atoms with van der Waals surface area (Å²) in [4.78, 5) is 157. The van der Waals surface area contributed by atoms with E-state index in [9.17, 15) is 62.6 Å². The Hall–Kier alpha value is -5.79. The average Bonchev–Trinajstić information content (AvgIpc) is 3.85. The van der Waals surface area contributed by atoms with Crippen LogP contribution in [0.3, 0.4) is 0 Å². The number of carbonyl (C=O) groups excluding carboxylic acids is 12. The Morgan fingerprint density at radius 3 is 1.77 bits per heavy atom. The van der Waals surface area contributed by atoms with E-state index in [1.165, 1.54) is 65.4 Å². The topological polar surface area (TPSA) is 373 Å². The third-order valence-electron chi connectivity index (χ3n) is 14.0. The SMILES string of the molecule is CC(=O)CCOCCOCCCC(=O)CCN1C(=O)CC(SCCCC(=O)[C@H](CCCCN)NC(=O)[C@H](C)CC(=O)[C@H](C)NC(=O)[C@H](C)CC(=O)[C@H](C)NC(=O)[C@H](CCCCN)CC(=O)[C@H](Cc2ccc(O)cc2)NC(=O)[C@H](C)N)C1=O. The number of nitrogens with zero attached hydrogens (tertiary/aromatic N) is 1. The molecule has 0 spiro atoms. The van der Waals surface area contributed by atoms with Gasteiger partial charge in [-0.05, 0) is 116 Å². The zero-order valence-corrected chi connectivity index (χ0v) is 49.7. The number of nitrogens with one attached hydrogen (secondary N) is 4. The standard InChI is InChI=1S/C58H92N8O15S/c1-36(31-50(72)41(6)63-57(78)43(13-7-9-23-59)34-51(73)47(65-56(77)39(4)61)33-42-17-19-45(69)20-18-42)54(75)62-40(5)49(71)32-37(2)55(76)64-46(15-8-10-24-60)48(70)16-12-30-82-52-35-53(74)66(58(52)79)25-21-44(68)14-11-26-80-28-29-81-27-22-38(3)67/h17-20,36-37,39-41,43,46-47,52,69H,7-16,21-35,59-61H2,1-6H3,(H,62,75)(H,63,78)(H,64,76)(H,65,77)/t36-,37-,39+,40+,41+,43-,46+,47+,52?/m1/s1. The normalized spacial score (nSPS) is 16.2. The van der Waals surface area contributed by atoms with Crippen LogP contribution in [0.2, 0.25) is 0 Å². The predicted octanol–water partition coefficient (Wildman–Crippen LogP) is 2.25. The first-order chi connectivity index (χ1) is 38.9. The molecular formula is C58H92N8O15S. The maximum Gasteiger partial charge on any atom is 0.242 e. The number of thioether (sulfide) groups is 1.